The number of oxazole rings is 1. The molecule has 0 radical (unpaired) electrons. The van der Waals surface area contributed by atoms with Crippen LogP contribution in [0.1, 0.15) is 43.5 Å². The largest absolute Gasteiger partial charge is 0.444 e. The summed E-state index contributed by atoms with van der Waals surface area (Å²) in [7, 11) is 0. The normalized spacial score (nSPS) is 26.5. The number of aromatic nitrogens is 1. The van der Waals surface area contributed by atoms with Crippen molar-refractivity contribution in [2.45, 2.75) is 32.6 Å². The number of nitrogens with zero attached hydrogens (tertiary/aromatic N) is 1. The van der Waals surface area contributed by atoms with Gasteiger partial charge < -0.3 is 4.42 Å². The van der Waals surface area contributed by atoms with E-state index < -0.39 is 0 Å². The maximum Gasteiger partial charge on any atom is 0.194 e. The van der Waals surface area contributed by atoms with Crippen LogP contribution in [0, 0.1) is 5.92 Å². The maximum atomic E-state index is 12.3. The van der Waals surface area contributed by atoms with Crippen molar-refractivity contribution in [1.29, 1.82) is 0 Å². The van der Waals surface area contributed by atoms with E-state index in [2.05, 4.69) is 4.98 Å². The molecule has 0 aliphatic heterocycles. The molecule has 0 spiro atoms. The fraction of sp³-hybridized carbons (Fsp3) is 0.429. The van der Waals surface area contributed by atoms with Gasteiger partial charge in [-0.05, 0) is 18.9 Å². The zero-order chi connectivity index (χ0) is 12.0. The van der Waals surface area contributed by atoms with Gasteiger partial charge in [0.25, 0.3) is 0 Å². The van der Waals surface area contributed by atoms with Crippen LogP contribution in [0.2, 0.25) is 0 Å². The summed E-state index contributed by atoms with van der Waals surface area (Å²) in [5.41, 5.74) is 1.94. The Bertz CT molecular complexity index is 536. The Morgan fingerprint density at radius 1 is 1.53 bits per heavy atom. The van der Waals surface area contributed by atoms with Crippen LogP contribution in [0.15, 0.2) is 22.6 Å². The van der Waals surface area contributed by atoms with Crippen molar-refractivity contribution in [1.82, 2.24) is 4.98 Å². The van der Waals surface area contributed by atoms with Gasteiger partial charge in [0.05, 0.1) is 5.92 Å². The lowest BCUT2D eigenvalue weighted by molar-refractivity contribution is -0.122. The predicted molar refractivity (Wildman–Crippen MR) is 64.5 cm³/mol. The fourth-order valence-corrected chi connectivity index (χ4v) is 2.60. The molecular formula is C14H15NO2. The minimum atomic E-state index is -0.161. The van der Waals surface area contributed by atoms with Crippen molar-refractivity contribution in [2.75, 3.05) is 0 Å². The molecule has 0 N–H and O–H groups in total. The summed E-state index contributed by atoms with van der Waals surface area (Å²) in [6.07, 6.45) is 7.60. The maximum absolute atomic E-state index is 12.3. The van der Waals surface area contributed by atoms with Crippen molar-refractivity contribution in [3.63, 3.8) is 0 Å². The van der Waals surface area contributed by atoms with E-state index >= 15 is 0 Å². The smallest absolute Gasteiger partial charge is 0.194 e. The van der Waals surface area contributed by atoms with E-state index in [9.17, 15) is 4.79 Å². The van der Waals surface area contributed by atoms with Gasteiger partial charge in [0.1, 0.15) is 11.5 Å². The molecule has 2 aliphatic carbocycles. The molecule has 0 aromatic carbocycles. The highest BCUT2D eigenvalue weighted by atomic mass is 16.4. The molecule has 3 rings (SSSR count). The van der Waals surface area contributed by atoms with Gasteiger partial charge in [0.15, 0.2) is 11.7 Å². The molecule has 88 valence electrons. The first-order valence-corrected chi connectivity index (χ1v) is 6.12. The third-order valence-electron chi connectivity index (χ3n) is 3.60. The van der Waals surface area contributed by atoms with E-state index in [0.29, 0.717) is 0 Å². The number of ketones is 1. The molecule has 1 aromatic heterocycles. The number of aryl methyl sites for hydroxylation is 1. The number of fused-ring (bicyclic) bond motifs is 3. The Morgan fingerprint density at radius 3 is 3.12 bits per heavy atom. The first-order chi connectivity index (χ1) is 8.22. The minimum absolute atomic E-state index is 0.0164. The summed E-state index contributed by atoms with van der Waals surface area (Å²) in [6, 6.07) is 0. The lowest BCUT2D eigenvalue weighted by atomic mass is 9.75. The highest BCUT2D eigenvalue weighted by Gasteiger charge is 2.39. The van der Waals surface area contributed by atoms with Crippen molar-refractivity contribution >= 4 is 11.4 Å². The van der Waals surface area contributed by atoms with Gasteiger partial charge >= 0.3 is 0 Å². The van der Waals surface area contributed by atoms with Crippen LogP contribution in [0.3, 0.4) is 0 Å². The van der Waals surface area contributed by atoms with E-state index in [1.807, 2.05) is 32.1 Å². The van der Waals surface area contributed by atoms with Crippen molar-refractivity contribution < 1.29 is 9.21 Å². The van der Waals surface area contributed by atoms with Crippen LogP contribution in [0.5, 0.6) is 0 Å². The zero-order valence-corrected chi connectivity index (χ0v) is 10.1. The molecule has 0 bridgehead atoms. The molecule has 17 heavy (non-hydrogen) atoms. The Kier molecular flexibility index (Phi) is 2.28. The summed E-state index contributed by atoms with van der Waals surface area (Å²) in [5.74, 6) is 1.56. The second kappa shape index (κ2) is 3.69. The second-order valence-electron chi connectivity index (χ2n) is 4.64. The first-order valence-electron chi connectivity index (χ1n) is 6.12. The number of Topliss-reactive ketones (excluding diaryl/α,β-unsaturated/α-hetero) is 1. The van der Waals surface area contributed by atoms with Gasteiger partial charge in [0, 0.05) is 12.3 Å². The molecule has 0 saturated carbocycles. The molecular weight excluding hydrogens is 214 g/mol. The summed E-state index contributed by atoms with van der Waals surface area (Å²) in [6.45, 7) is 3.93. The van der Waals surface area contributed by atoms with E-state index in [-0.39, 0.29) is 17.6 Å². The van der Waals surface area contributed by atoms with E-state index in [1.54, 1.807) is 0 Å². The standard InChI is InChI=1S/C14H15NO2/c1-3-11-15-12-9-6-4-5-7-10(9)13(16)8(2)14(12)17-11/h4-6,8,10H,3,7H2,1-2H3. The monoisotopic (exact) mass is 229 g/mol. The van der Waals surface area contributed by atoms with Gasteiger partial charge in [-0.15, -0.1) is 0 Å². The second-order valence-corrected chi connectivity index (χ2v) is 4.64. The van der Waals surface area contributed by atoms with Crippen LogP contribution in [0.25, 0.3) is 5.57 Å². The average Bonchev–Trinajstić information content (AvgIpc) is 2.80. The molecule has 0 saturated heterocycles. The van der Waals surface area contributed by atoms with Crippen LogP contribution in [-0.4, -0.2) is 10.8 Å². The van der Waals surface area contributed by atoms with Gasteiger partial charge in [-0.2, -0.15) is 0 Å². The topological polar surface area (TPSA) is 43.1 Å². The van der Waals surface area contributed by atoms with Crippen LogP contribution in [0.4, 0.5) is 0 Å². The van der Waals surface area contributed by atoms with Crippen LogP contribution >= 0.6 is 0 Å². The first kappa shape index (κ1) is 10.5. The van der Waals surface area contributed by atoms with Crippen LogP contribution < -0.4 is 0 Å². The molecule has 2 aliphatic rings. The van der Waals surface area contributed by atoms with E-state index in [0.717, 1.165) is 35.8 Å². The average molecular weight is 229 g/mol. The molecule has 0 fully saturated rings. The van der Waals surface area contributed by atoms with Gasteiger partial charge in [-0.3, -0.25) is 4.79 Å². The van der Waals surface area contributed by atoms with Gasteiger partial charge in [-0.1, -0.05) is 25.2 Å². The molecule has 3 heteroatoms. The van der Waals surface area contributed by atoms with Crippen molar-refractivity contribution in [3.8, 4) is 0 Å². The number of carbonyl (C=O) groups is 1. The van der Waals surface area contributed by atoms with Gasteiger partial charge in [0.2, 0.25) is 0 Å². The molecule has 2 unspecified atom stereocenters. The summed E-state index contributed by atoms with van der Waals surface area (Å²) in [5, 5.41) is 0. The Morgan fingerprint density at radius 2 is 2.35 bits per heavy atom. The fourth-order valence-electron chi connectivity index (χ4n) is 2.60. The Balaban J connectivity index is 2.19. The Labute approximate surface area is 100 Å². The predicted octanol–water partition coefficient (Wildman–Crippen LogP) is 2.88. The van der Waals surface area contributed by atoms with Gasteiger partial charge in [-0.25, -0.2) is 4.98 Å². The highest BCUT2D eigenvalue weighted by molar-refractivity contribution is 6.01. The summed E-state index contributed by atoms with van der Waals surface area (Å²) in [4.78, 5) is 16.8. The lowest BCUT2D eigenvalue weighted by Gasteiger charge is -2.27. The SMILES string of the molecule is CCc1nc2c(o1)C(C)C(=O)C1CC=CC=C21. The number of carbonyl (C=O) groups excluding carboxylic acids is 1. The Hall–Kier alpha value is -1.64. The third kappa shape index (κ3) is 1.42. The number of allylic oxidation sites excluding steroid dienone is 4. The molecule has 1 aromatic rings. The zero-order valence-electron chi connectivity index (χ0n) is 10.1. The van der Waals surface area contributed by atoms with Crippen LogP contribution in [-0.2, 0) is 11.2 Å². The number of hydrogen-bond donors (Lipinski definition) is 0. The summed E-state index contributed by atoms with van der Waals surface area (Å²) < 4.78 is 5.69. The molecule has 2 atom stereocenters. The highest BCUT2D eigenvalue weighted by Crippen LogP contribution is 2.42. The summed E-state index contributed by atoms with van der Waals surface area (Å²) >= 11 is 0. The minimum Gasteiger partial charge on any atom is -0.444 e. The molecule has 0 amide bonds. The lowest BCUT2D eigenvalue weighted by Crippen LogP contribution is -2.27. The van der Waals surface area contributed by atoms with Crippen molar-refractivity contribution in [3.05, 3.63) is 35.6 Å². The third-order valence-corrected chi connectivity index (χ3v) is 3.60. The van der Waals surface area contributed by atoms with E-state index in [1.165, 1.54) is 0 Å². The van der Waals surface area contributed by atoms with Crippen molar-refractivity contribution in [2.24, 2.45) is 5.92 Å². The number of hydrogen-bond acceptors (Lipinski definition) is 3. The van der Waals surface area contributed by atoms with E-state index in [4.69, 9.17) is 4.42 Å². The number of rotatable bonds is 1. The molecule has 3 nitrogen and oxygen atoms in total. The quantitative estimate of drug-likeness (QED) is 0.743. The molecule has 1 heterocycles.